The molecule has 1 unspecified atom stereocenters. The summed E-state index contributed by atoms with van der Waals surface area (Å²) in [6, 6.07) is 13.0. The molecule has 0 aliphatic heterocycles. The fraction of sp³-hybridized carbons (Fsp3) is 0.167. The molecule has 1 heterocycles. The number of carbonyl (C=O) groups is 1. The summed E-state index contributed by atoms with van der Waals surface area (Å²) in [5, 5.41) is 8.57. The van der Waals surface area contributed by atoms with E-state index in [1.54, 1.807) is 0 Å². The molecule has 2 aromatic carbocycles. The van der Waals surface area contributed by atoms with Crippen molar-refractivity contribution in [3.8, 4) is 0 Å². The number of aromatic nitrogens is 2. The molecule has 3 rings (SSSR count). The summed E-state index contributed by atoms with van der Waals surface area (Å²) >= 11 is 0. The zero-order chi connectivity index (χ0) is 19.4. The number of nitrogens with one attached hydrogen (secondary N) is 2. The molecule has 6 nitrogen and oxygen atoms in total. The minimum atomic E-state index is -4.49. The van der Waals surface area contributed by atoms with Crippen LogP contribution in [0.4, 0.5) is 29.5 Å². The van der Waals surface area contributed by atoms with Crippen molar-refractivity contribution < 1.29 is 27.2 Å². The molecule has 1 atom stereocenters. The van der Waals surface area contributed by atoms with Gasteiger partial charge in [0, 0.05) is 18.2 Å². The second kappa shape index (κ2) is 7.48. The topological polar surface area (TPSA) is 71.0 Å². The van der Waals surface area contributed by atoms with Crippen LogP contribution in [0, 0.1) is 0 Å². The monoisotopic (exact) mass is 377 g/mol. The van der Waals surface area contributed by atoms with Gasteiger partial charge in [-0.2, -0.15) is 13.2 Å². The Morgan fingerprint density at radius 2 is 1.85 bits per heavy atom. The van der Waals surface area contributed by atoms with E-state index in [9.17, 15) is 18.0 Å². The predicted molar refractivity (Wildman–Crippen MR) is 91.0 cm³/mol. The second-order valence-electron chi connectivity index (χ2n) is 5.79. The molecule has 0 bridgehead atoms. The maximum absolute atomic E-state index is 12.7. The summed E-state index contributed by atoms with van der Waals surface area (Å²) in [7, 11) is 0. The van der Waals surface area contributed by atoms with Crippen LogP contribution in [0.2, 0.25) is 0 Å². The molecule has 3 aromatic rings. The summed E-state index contributed by atoms with van der Waals surface area (Å²) in [5.74, 6) is 0.0576. The van der Waals surface area contributed by atoms with Crippen LogP contribution < -0.4 is 15.3 Å². The largest absolute Gasteiger partial charge is 0.416 e. The lowest BCUT2D eigenvalue weighted by atomic mass is 10.1. The first-order chi connectivity index (χ1) is 12.8. The average Bonchev–Trinajstić information content (AvgIpc) is 3.09. The molecule has 27 heavy (non-hydrogen) atoms. The van der Waals surface area contributed by atoms with Crippen molar-refractivity contribution in [2.24, 2.45) is 0 Å². The third-order valence-electron chi connectivity index (χ3n) is 3.85. The summed E-state index contributed by atoms with van der Waals surface area (Å²) < 4.78 is 44.7. The van der Waals surface area contributed by atoms with E-state index in [1.165, 1.54) is 23.0 Å². The third-order valence-corrected chi connectivity index (χ3v) is 3.85. The quantitative estimate of drug-likeness (QED) is 0.669. The molecule has 0 radical (unpaired) electrons. The van der Waals surface area contributed by atoms with Crippen molar-refractivity contribution >= 4 is 17.6 Å². The van der Waals surface area contributed by atoms with Gasteiger partial charge >= 0.3 is 18.1 Å². The van der Waals surface area contributed by atoms with Gasteiger partial charge in [0.2, 0.25) is 11.3 Å². The van der Waals surface area contributed by atoms with Crippen LogP contribution in [-0.4, -0.2) is 11.3 Å². The number of anilines is 2. The van der Waals surface area contributed by atoms with Gasteiger partial charge in [-0.1, -0.05) is 36.4 Å². The van der Waals surface area contributed by atoms with E-state index in [-0.39, 0.29) is 17.6 Å². The van der Waals surface area contributed by atoms with Gasteiger partial charge < -0.3 is 5.32 Å². The van der Waals surface area contributed by atoms with Crippen LogP contribution in [0.5, 0.6) is 0 Å². The van der Waals surface area contributed by atoms with Crippen molar-refractivity contribution in [1.82, 2.24) is 5.27 Å². The Hall–Kier alpha value is -3.36. The lowest BCUT2D eigenvalue weighted by Crippen LogP contribution is -2.39. The molecule has 2 N–H and O–H groups in total. The number of halogens is 3. The van der Waals surface area contributed by atoms with Crippen molar-refractivity contribution in [1.29, 1.82) is 0 Å². The van der Waals surface area contributed by atoms with Gasteiger partial charge in [-0.3, -0.25) is 9.84 Å². The van der Waals surface area contributed by atoms with Crippen molar-refractivity contribution in [2.75, 3.05) is 10.6 Å². The molecular formula is C18H16F3N4O2+. The molecule has 9 heteroatoms. The van der Waals surface area contributed by atoms with E-state index in [2.05, 4.69) is 15.9 Å². The van der Waals surface area contributed by atoms with E-state index in [1.807, 2.05) is 37.3 Å². The number of rotatable bonds is 4. The molecule has 0 fully saturated rings. The number of amides is 2. The standard InChI is InChI=1S/C18H15F3N4O2/c1-12(13-6-3-2-4-7-13)25-11-16(27-24-25)23-17(26)22-15-9-5-8-14(10-15)18(19,20)21/h2-12H,1H3,(H-,22,23,24,26)/p+1. The Balaban J connectivity index is 1.65. The van der Waals surface area contributed by atoms with Gasteiger partial charge in [0.15, 0.2) is 0 Å². The number of hydrogen-bond acceptors (Lipinski definition) is 3. The smallest absolute Gasteiger partial charge is 0.308 e. The summed E-state index contributed by atoms with van der Waals surface area (Å²) in [6.07, 6.45) is -3.00. The Labute approximate surface area is 152 Å². The first kappa shape index (κ1) is 18.4. The van der Waals surface area contributed by atoms with E-state index in [0.29, 0.717) is 0 Å². The number of carbonyl (C=O) groups excluding carboxylic acids is 1. The van der Waals surface area contributed by atoms with Gasteiger partial charge in [0.05, 0.1) is 5.56 Å². The summed E-state index contributed by atoms with van der Waals surface area (Å²) in [5.41, 5.74) is 0.151. The minimum Gasteiger partial charge on any atom is -0.308 e. The summed E-state index contributed by atoms with van der Waals surface area (Å²) in [6.45, 7) is 1.91. The highest BCUT2D eigenvalue weighted by molar-refractivity contribution is 5.98. The van der Waals surface area contributed by atoms with Gasteiger partial charge in [0.1, 0.15) is 0 Å². The third kappa shape index (κ3) is 4.63. The first-order valence-electron chi connectivity index (χ1n) is 8.01. The Kier molecular flexibility index (Phi) is 5.11. The van der Waals surface area contributed by atoms with E-state index >= 15 is 0 Å². The zero-order valence-electron chi connectivity index (χ0n) is 14.2. The maximum Gasteiger partial charge on any atom is 0.416 e. The number of alkyl halides is 3. The SMILES string of the molecule is CC(c1ccccc1)[n+]1cc(NC(=O)Nc2cccc(C(F)(F)F)c2)on1. The van der Waals surface area contributed by atoms with Gasteiger partial charge in [-0.15, -0.1) is 0 Å². The van der Waals surface area contributed by atoms with Crippen LogP contribution >= 0.6 is 0 Å². The van der Waals surface area contributed by atoms with E-state index in [4.69, 9.17) is 4.52 Å². The lowest BCUT2D eigenvalue weighted by Gasteiger charge is -2.09. The Morgan fingerprint density at radius 1 is 1.11 bits per heavy atom. The van der Waals surface area contributed by atoms with Crippen LogP contribution in [0.25, 0.3) is 0 Å². The van der Waals surface area contributed by atoms with Gasteiger partial charge in [0.25, 0.3) is 6.20 Å². The van der Waals surface area contributed by atoms with E-state index < -0.39 is 17.8 Å². The average molecular weight is 377 g/mol. The molecule has 2 amide bonds. The predicted octanol–water partition coefficient (Wildman–Crippen LogP) is 4.23. The normalized spacial score (nSPS) is 12.4. The molecule has 0 saturated heterocycles. The molecule has 0 spiro atoms. The highest BCUT2D eigenvalue weighted by atomic mass is 19.4. The summed E-state index contributed by atoms with van der Waals surface area (Å²) in [4.78, 5) is 12.0. The number of nitrogens with zero attached hydrogens (tertiary/aromatic N) is 2. The lowest BCUT2D eigenvalue weighted by molar-refractivity contribution is -0.774. The van der Waals surface area contributed by atoms with E-state index in [0.717, 1.165) is 17.7 Å². The molecule has 0 aliphatic carbocycles. The molecule has 140 valence electrons. The van der Waals surface area contributed by atoms with Crippen molar-refractivity contribution in [3.63, 3.8) is 0 Å². The molecule has 0 aliphatic rings. The maximum atomic E-state index is 12.7. The van der Waals surface area contributed by atoms with Gasteiger partial charge in [-0.05, 0) is 22.9 Å². The van der Waals surface area contributed by atoms with Crippen molar-refractivity contribution in [2.45, 2.75) is 19.1 Å². The molecule has 1 aromatic heterocycles. The first-order valence-corrected chi connectivity index (χ1v) is 8.01. The highest BCUT2D eigenvalue weighted by Gasteiger charge is 2.30. The number of urea groups is 1. The zero-order valence-corrected chi connectivity index (χ0v) is 14.2. The van der Waals surface area contributed by atoms with Gasteiger partial charge in [-0.25, -0.2) is 4.79 Å². The minimum absolute atomic E-state index is 0.00682. The fourth-order valence-electron chi connectivity index (χ4n) is 2.43. The van der Waals surface area contributed by atoms with Crippen molar-refractivity contribution in [3.05, 3.63) is 71.9 Å². The molecule has 0 saturated carbocycles. The van der Waals surface area contributed by atoms with Crippen LogP contribution in [-0.2, 0) is 6.18 Å². The number of hydrogen-bond donors (Lipinski definition) is 2. The van der Waals surface area contributed by atoms with Crippen LogP contribution in [0.1, 0.15) is 24.1 Å². The molecular weight excluding hydrogens is 361 g/mol. The fourth-order valence-corrected chi connectivity index (χ4v) is 2.43. The Morgan fingerprint density at radius 3 is 2.56 bits per heavy atom. The highest BCUT2D eigenvalue weighted by Crippen LogP contribution is 2.30. The van der Waals surface area contributed by atoms with Crippen LogP contribution in [0.15, 0.2) is 65.3 Å². The van der Waals surface area contributed by atoms with Crippen LogP contribution in [0.3, 0.4) is 0 Å². The number of benzene rings is 2. The Bertz CT molecular complexity index is 926. The second-order valence-corrected chi connectivity index (χ2v) is 5.79.